The molecule has 3 aromatic rings. The molecule has 0 radical (unpaired) electrons. The Balaban J connectivity index is 2.04. The maximum Gasteiger partial charge on any atom is 0.244 e. The summed E-state index contributed by atoms with van der Waals surface area (Å²) in [5.41, 5.74) is 4.17. The Kier molecular flexibility index (Phi) is 10.3. The average Bonchev–Trinajstić information content (AvgIpc) is 2.88. The molecule has 39 heavy (non-hydrogen) atoms. The van der Waals surface area contributed by atoms with Gasteiger partial charge in [0.1, 0.15) is 12.6 Å². The summed E-state index contributed by atoms with van der Waals surface area (Å²) in [4.78, 5) is 29.2. The first kappa shape index (κ1) is 29.9. The molecule has 0 fully saturated rings. The van der Waals surface area contributed by atoms with Crippen molar-refractivity contribution in [1.82, 2.24) is 10.2 Å². The number of aryl methyl sites for hydroxylation is 2. The highest BCUT2D eigenvalue weighted by atomic mass is 32.2. The molecule has 0 spiro atoms. The zero-order valence-corrected chi connectivity index (χ0v) is 24.2. The molecule has 0 aliphatic carbocycles. The van der Waals surface area contributed by atoms with Gasteiger partial charge in [0.15, 0.2) is 0 Å². The van der Waals surface area contributed by atoms with Crippen LogP contribution in [0.4, 0.5) is 5.69 Å². The van der Waals surface area contributed by atoms with Crippen LogP contribution < -0.4 is 9.62 Å². The van der Waals surface area contributed by atoms with Crippen LogP contribution in [0.25, 0.3) is 0 Å². The van der Waals surface area contributed by atoms with E-state index in [1.54, 1.807) is 24.3 Å². The molecule has 3 aromatic carbocycles. The Morgan fingerprint density at radius 2 is 1.49 bits per heavy atom. The maximum absolute atomic E-state index is 14.0. The van der Waals surface area contributed by atoms with Crippen LogP contribution in [-0.2, 0) is 32.6 Å². The van der Waals surface area contributed by atoms with Gasteiger partial charge in [0.25, 0.3) is 0 Å². The maximum atomic E-state index is 14.0. The van der Waals surface area contributed by atoms with Crippen LogP contribution in [0, 0.1) is 19.8 Å². The number of carbonyl (C=O) groups excluding carboxylic acids is 2. The number of carbonyl (C=O) groups is 2. The monoisotopic (exact) mass is 549 g/mol. The van der Waals surface area contributed by atoms with Crippen LogP contribution in [0.15, 0.2) is 78.9 Å². The van der Waals surface area contributed by atoms with Crippen molar-refractivity contribution in [3.8, 4) is 0 Å². The van der Waals surface area contributed by atoms with E-state index in [1.807, 2.05) is 82.3 Å². The summed E-state index contributed by atoms with van der Waals surface area (Å²) < 4.78 is 26.8. The highest BCUT2D eigenvalue weighted by Crippen LogP contribution is 2.21. The second-order valence-corrected chi connectivity index (χ2v) is 12.4. The minimum Gasteiger partial charge on any atom is -0.354 e. The summed E-state index contributed by atoms with van der Waals surface area (Å²) in [5, 5.41) is 2.99. The quantitative estimate of drug-likeness (QED) is 0.361. The Labute approximate surface area is 232 Å². The zero-order chi connectivity index (χ0) is 28.6. The van der Waals surface area contributed by atoms with Gasteiger partial charge in [-0.05, 0) is 43.0 Å². The van der Waals surface area contributed by atoms with Crippen LogP contribution in [0.2, 0.25) is 0 Å². The number of rotatable bonds is 12. The van der Waals surface area contributed by atoms with E-state index in [2.05, 4.69) is 5.32 Å². The number of amides is 2. The van der Waals surface area contributed by atoms with Crippen molar-refractivity contribution in [3.63, 3.8) is 0 Å². The van der Waals surface area contributed by atoms with Crippen molar-refractivity contribution in [3.05, 3.63) is 101 Å². The van der Waals surface area contributed by atoms with Crippen LogP contribution in [0.5, 0.6) is 0 Å². The Bertz CT molecular complexity index is 1360. The minimum absolute atomic E-state index is 0.165. The smallest absolute Gasteiger partial charge is 0.244 e. The summed E-state index contributed by atoms with van der Waals surface area (Å²) >= 11 is 0. The molecule has 1 atom stereocenters. The number of nitrogens with one attached hydrogen (secondary N) is 1. The molecule has 0 aliphatic heterocycles. The van der Waals surface area contributed by atoms with Gasteiger partial charge >= 0.3 is 0 Å². The third-order valence-corrected chi connectivity index (χ3v) is 7.53. The Hall–Kier alpha value is -3.65. The lowest BCUT2D eigenvalue weighted by Crippen LogP contribution is -2.53. The van der Waals surface area contributed by atoms with Crippen molar-refractivity contribution in [2.45, 2.75) is 46.7 Å². The van der Waals surface area contributed by atoms with E-state index in [0.29, 0.717) is 18.7 Å². The van der Waals surface area contributed by atoms with E-state index in [9.17, 15) is 18.0 Å². The van der Waals surface area contributed by atoms with E-state index in [1.165, 1.54) is 4.90 Å². The van der Waals surface area contributed by atoms with Crippen molar-refractivity contribution in [2.75, 3.05) is 23.7 Å². The SMILES string of the molecule is Cc1ccc(N(CC(=O)N(Cc2cccc(C)c2)C(Cc2ccccc2)C(=O)NCC(C)C)S(C)(=O)=O)cc1. The lowest BCUT2D eigenvalue weighted by atomic mass is 10.0. The van der Waals surface area contributed by atoms with Crippen LogP contribution >= 0.6 is 0 Å². The van der Waals surface area contributed by atoms with E-state index in [-0.39, 0.29) is 18.4 Å². The fraction of sp³-hybridized carbons (Fsp3) is 0.355. The molecule has 0 heterocycles. The predicted octanol–water partition coefficient (Wildman–Crippen LogP) is 4.48. The van der Waals surface area contributed by atoms with Crippen LogP contribution in [0.1, 0.15) is 36.1 Å². The van der Waals surface area contributed by atoms with Gasteiger partial charge in [0.05, 0.1) is 11.9 Å². The molecule has 0 bridgehead atoms. The summed E-state index contributed by atoms with van der Waals surface area (Å²) in [6.07, 6.45) is 1.38. The number of sulfonamides is 1. The molecule has 0 saturated heterocycles. The molecule has 2 amide bonds. The largest absolute Gasteiger partial charge is 0.354 e. The summed E-state index contributed by atoms with van der Waals surface area (Å²) in [6.45, 7) is 8.11. The number of hydrogen-bond acceptors (Lipinski definition) is 4. The van der Waals surface area contributed by atoms with E-state index >= 15 is 0 Å². The second kappa shape index (κ2) is 13.4. The number of nitrogens with zero attached hydrogens (tertiary/aromatic N) is 2. The molecule has 0 saturated carbocycles. The third kappa shape index (κ3) is 8.96. The van der Waals surface area contributed by atoms with Crippen LogP contribution in [-0.4, -0.2) is 50.5 Å². The summed E-state index contributed by atoms with van der Waals surface area (Å²) in [7, 11) is -3.78. The topological polar surface area (TPSA) is 86.8 Å². The molecular weight excluding hydrogens is 510 g/mol. The second-order valence-electron chi connectivity index (χ2n) is 10.5. The highest BCUT2D eigenvalue weighted by Gasteiger charge is 2.33. The first-order valence-corrected chi connectivity index (χ1v) is 15.0. The van der Waals surface area contributed by atoms with E-state index in [4.69, 9.17) is 0 Å². The molecule has 1 unspecified atom stereocenters. The summed E-state index contributed by atoms with van der Waals surface area (Å²) in [6, 6.07) is 23.5. The normalized spacial score (nSPS) is 12.2. The van der Waals surface area contributed by atoms with Crippen molar-refractivity contribution < 1.29 is 18.0 Å². The Morgan fingerprint density at radius 1 is 0.846 bits per heavy atom. The number of hydrogen-bond donors (Lipinski definition) is 1. The van der Waals surface area contributed by atoms with Crippen molar-refractivity contribution in [1.29, 1.82) is 0 Å². The lowest BCUT2D eigenvalue weighted by Gasteiger charge is -2.33. The standard InChI is InChI=1S/C31H39N3O4S/c1-23(2)20-32-31(36)29(19-26-11-7-6-8-12-26)33(21-27-13-9-10-25(4)18-27)30(35)22-34(39(5,37)38)28-16-14-24(3)15-17-28/h6-18,23,29H,19-22H2,1-5H3,(H,32,36). The first-order chi connectivity index (χ1) is 18.4. The Morgan fingerprint density at radius 3 is 2.08 bits per heavy atom. The lowest BCUT2D eigenvalue weighted by molar-refractivity contribution is -0.140. The van der Waals surface area contributed by atoms with Gasteiger partial charge in [-0.25, -0.2) is 8.42 Å². The van der Waals surface area contributed by atoms with Gasteiger partial charge in [0.2, 0.25) is 21.8 Å². The first-order valence-electron chi connectivity index (χ1n) is 13.1. The zero-order valence-electron chi connectivity index (χ0n) is 23.4. The van der Waals surface area contributed by atoms with Gasteiger partial charge in [0, 0.05) is 19.5 Å². The average molecular weight is 550 g/mol. The van der Waals surface area contributed by atoms with E-state index < -0.39 is 28.5 Å². The van der Waals surface area contributed by atoms with E-state index in [0.717, 1.165) is 32.8 Å². The predicted molar refractivity (Wildman–Crippen MR) is 157 cm³/mol. The molecule has 0 aliphatic rings. The molecule has 1 N–H and O–H groups in total. The number of anilines is 1. The van der Waals surface area contributed by atoms with Gasteiger partial charge in [-0.1, -0.05) is 91.7 Å². The fourth-order valence-electron chi connectivity index (χ4n) is 4.31. The molecule has 3 rings (SSSR count). The third-order valence-electron chi connectivity index (χ3n) is 6.39. The molecule has 8 heteroatoms. The van der Waals surface area contributed by atoms with Crippen molar-refractivity contribution >= 4 is 27.5 Å². The van der Waals surface area contributed by atoms with Crippen LogP contribution in [0.3, 0.4) is 0 Å². The minimum atomic E-state index is -3.78. The van der Waals surface area contributed by atoms with Gasteiger partial charge in [-0.3, -0.25) is 13.9 Å². The van der Waals surface area contributed by atoms with Crippen molar-refractivity contribution in [2.24, 2.45) is 5.92 Å². The summed E-state index contributed by atoms with van der Waals surface area (Å²) in [5.74, 6) is -0.493. The van der Waals surface area contributed by atoms with Gasteiger partial charge in [-0.15, -0.1) is 0 Å². The molecular formula is C31H39N3O4S. The molecule has 208 valence electrons. The van der Waals surface area contributed by atoms with Gasteiger partial charge < -0.3 is 10.2 Å². The molecule has 0 aromatic heterocycles. The number of benzene rings is 3. The highest BCUT2D eigenvalue weighted by molar-refractivity contribution is 7.92. The fourth-order valence-corrected chi connectivity index (χ4v) is 5.16. The molecule has 7 nitrogen and oxygen atoms in total. The van der Waals surface area contributed by atoms with Gasteiger partial charge in [-0.2, -0.15) is 0 Å².